The summed E-state index contributed by atoms with van der Waals surface area (Å²) in [4.78, 5) is 2.25. The van der Waals surface area contributed by atoms with Gasteiger partial charge in [0.2, 0.25) is 0 Å². The van der Waals surface area contributed by atoms with Gasteiger partial charge in [0.05, 0.1) is 11.4 Å². The third kappa shape index (κ3) is 4.73. The number of para-hydroxylation sites is 5. The maximum absolute atomic E-state index is 6.58. The number of furan rings is 2. The van der Waals surface area contributed by atoms with Crippen LogP contribution in [0, 0.1) is 43.4 Å². The van der Waals surface area contributed by atoms with E-state index >= 15 is 0 Å². The van der Waals surface area contributed by atoms with Crippen LogP contribution in [0.5, 0.6) is 0 Å². The molecule has 0 atom stereocenters. The number of benzene rings is 7. The van der Waals surface area contributed by atoms with E-state index < -0.39 is 0 Å². The fourth-order valence-corrected chi connectivity index (χ4v) is 7.05. The molecule has 0 saturated heterocycles. The first kappa shape index (κ1) is 29.7. The molecule has 228 valence electrons. The maximum Gasteiger partial charge on any atom is 2.00 e. The van der Waals surface area contributed by atoms with Crippen molar-refractivity contribution in [2.45, 2.75) is 0 Å². The third-order valence-electron chi connectivity index (χ3n) is 9.23. The Morgan fingerprint density at radius 1 is 0.490 bits per heavy atom. The summed E-state index contributed by atoms with van der Waals surface area (Å²) in [6.07, 6.45) is 3.65. The number of aromatic nitrogens is 1. The maximum atomic E-state index is 6.58. The van der Waals surface area contributed by atoms with Crippen LogP contribution in [-0.4, -0.2) is 4.57 Å². The molecule has 0 fully saturated rings. The van der Waals surface area contributed by atoms with Crippen LogP contribution >= 0.6 is 0 Å². The molecule has 0 N–H and O–H groups in total. The molecule has 0 aliphatic heterocycles. The molecule has 0 aliphatic rings. The van der Waals surface area contributed by atoms with E-state index in [2.05, 4.69) is 137 Å². The predicted molar refractivity (Wildman–Crippen MR) is 196 cm³/mol. The Labute approximate surface area is 306 Å². The van der Waals surface area contributed by atoms with Crippen molar-refractivity contribution in [1.82, 2.24) is 4.57 Å². The number of hydrogen-bond acceptors (Lipinski definition) is 3. The van der Waals surface area contributed by atoms with Crippen LogP contribution in [0.25, 0.3) is 71.6 Å². The Bertz CT molecular complexity index is 2680. The summed E-state index contributed by atoms with van der Waals surface area (Å²) < 4.78 is 15.3. The molecule has 10 rings (SSSR count). The molecule has 49 heavy (non-hydrogen) atoms. The second-order valence-electron chi connectivity index (χ2n) is 12.0. The van der Waals surface area contributed by atoms with Crippen molar-refractivity contribution in [2.24, 2.45) is 0 Å². The number of rotatable bonds is 5. The van der Waals surface area contributed by atoms with Crippen LogP contribution in [0.2, 0.25) is 0 Å². The average Bonchev–Trinajstić information content (AvgIpc) is 3.85. The van der Waals surface area contributed by atoms with E-state index in [1.807, 2.05) is 42.5 Å². The van der Waals surface area contributed by atoms with Crippen LogP contribution in [0.4, 0.5) is 17.1 Å². The summed E-state index contributed by atoms with van der Waals surface area (Å²) in [6.45, 7) is 0. The van der Waals surface area contributed by atoms with Crippen molar-refractivity contribution in [3.63, 3.8) is 0 Å². The molecule has 0 spiro atoms. The summed E-state index contributed by atoms with van der Waals surface area (Å²) in [6, 6.07) is 57.6. The minimum atomic E-state index is 0. The van der Waals surface area contributed by atoms with E-state index in [1.54, 1.807) is 0 Å². The summed E-state index contributed by atoms with van der Waals surface area (Å²) in [5, 5.41) is 5.46. The predicted octanol–water partition coefficient (Wildman–Crippen LogP) is 12.2. The zero-order valence-electron chi connectivity index (χ0n) is 26.2. The molecule has 10 aromatic rings. The zero-order chi connectivity index (χ0) is 31.6. The second-order valence-corrected chi connectivity index (χ2v) is 12.0. The first-order valence-electron chi connectivity index (χ1n) is 16.0. The smallest absolute Gasteiger partial charge is 0.454 e. The molecule has 0 bridgehead atoms. The summed E-state index contributed by atoms with van der Waals surface area (Å²) in [7, 11) is 0. The minimum Gasteiger partial charge on any atom is -0.454 e. The molecule has 0 aliphatic carbocycles. The third-order valence-corrected chi connectivity index (χ3v) is 9.23. The number of nitrogens with zero attached hydrogens (tertiary/aromatic N) is 2. The number of fused-ring (bicyclic) bond motifs is 7. The standard InChI is InChI=1S/C44H26N2O2.U/c1-2-12-29(13-3-1)37-28-45(38-19-7-4-14-32(37)38)30-24-26-31(27-25-30)46(39-20-10-17-35-33-15-5-8-22-41(33)47-43(35)39)40-21-11-18-36-34-16-6-9-23-42(34)48-44(36)40;/h1-12,14-27H;/q-2;+2. The van der Waals surface area contributed by atoms with Gasteiger partial charge in [0.15, 0.2) is 11.2 Å². The second kappa shape index (κ2) is 11.9. The fourth-order valence-electron chi connectivity index (χ4n) is 7.05. The van der Waals surface area contributed by atoms with Gasteiger partial charge in [0.1, 0.15) is 11.2 Å². The van der Waals surface area contributed by atoms with Crippen LogP contribution in [-0.2, 0) is 0 Å². The Kier molecular flexibility index (Phi) is 7.20. The average molecular weight is 853 g/mol. The molecule has 4 nitrogen and oxygen atoms in total. The van der Waals surface area contributed by atoms with Crippen LogP contribution in [0.3, 0.4) is 0 Å². The largest absolute Gasteiger partial charge is 2.00 e. The van der Waals surface area contributed by atoms with Crippen LogP contribution in [0.15, 0.2) is 167 Å². The molecule has 3 aromatic heterocycles. The van der Waals surface area contributed by atoms with E-state index in [0.717, 1.165) is 88.7 Å². The molecule has 0 unspecified atom stereocenters. The summed E-state index contributed by atoms with van der Waals surface area (Å²) in [5.41, 5.74) is 10.4. The minimum absolute atomic E-state index is 0. The number of hydrogen-bond donors (Lipinski definition) is 0. The van der Waals surface area contributed by atoms with E-state index in [9.17, 15) is 0 Å². The van der Waals surface area contributed by atoms with Gasteiger partial charge in [-0.05, 0) is 42.1 Å². The zero-order valence-corrected chi connectivity index (χ0v) is 30.4. The van der Waals surface area contributed by atoms with Gasteiger partial charge in [-0.2, -0.15) is 29.8 Å². The van der Waals surface area contributed by atoms with Crippen molar-refractivity contribution in [3.8, 4) is 16.8 Å². The van der Waals surface area contributed by atoms with Gasteiger partial charge in [0.25, 0.3) is 0 Å². The van der Waals surface area contributed by atoms with Gasteiger partial charge in [-0.1, -0.05) is 103 Å². The molecular weight excluding hydrogens is 827 g/mol. The van der Waals surface area contributed by atoms with Crippen LogP contribution < -0.4 is 4.90 Å². The molecule has 7 aromatic carbocycles. The van der Waals surface area contributed by atoms with Crippen molar-refractivity contribution in [1.29, 1.82) is 0 Å². The van der Waals surface area contributed by atoms with Crippen LogP contribution in [0.1, 0.15) is 0 Å². The van der Waals surface area contributed by atoms with Gasteiger partial charge < -0.3 is 18.3 Å². The summed E-state index contributed by atoms with van der Waals surface area (Å²) >= 11 is 0. The SMILES string of the molecule is [U+2].[c-]1ccccc1-c1[c-]n(-c2ccc(N(c3cccc4c3oc3ccccc34)c3cccc4c3oc3ccccc34)cc2)c2ccccc12. The monoisotopic (exact) mass is 852 g/mol. The first-order valence-corrected chi connectivity index (χ1v) is 16.0. The number of anilines is 3. The fraction of sp³-hybridized carbons (Fsp3) is 0. The normalized spacial score (nSPS) is 11.5. The van der Waals surface area contributed by atoms with Crippen molar-refractivity contribution < 1.29 is 39.9 Å². The van der Waals surface area contributed by atoms with Gasteiger partial charge >= 0.3 is 31.1 Å². The molecule has 5 heteroatoms. The topological polar surface area (TPSA) is 34.5 Å². The van der Waals surface area contributed by atoms with Gasteiger partial charge in [-0.15, -0.1) is 17.5 Å². The van der Waals surface area contributed by atoms with E-state index in [-0.39, 0.29) is 31.1 Å². The Morgan fingerprint density at radius 3 is 1.65 bits per heavy atom. The van der Waals surface area contributed by atoms with Gasteiger partial charge in [0, 0.05) is 27.2 Å². The van der Waals surface area contributed by atoms with Gasteiger partial charge in [-0.25, -0.2) is 5.56 Å². The molecule has 0 radical (unpaired) electrons. The Balaban J connectivity index is 0.00000325. The van der Waals surface area contributed by atoms with Gasteiger partial charge in [-0.3, -0.25) is 0 Å². The molecule has 0 saturated carbocycles. The molecule has 3 heterocycles. The first-order chi connectivity index (χ1) is 23.8. The van der Waals surface area contributed by atoms with E-state index in [4.69, 9.17) is 8.83 Å². The van der Waals surface area contributed by atoms with E-state index in [0.29, 0.717) is 0 Å². The molecule has 0 amide bonds. The van der Waals surface area contributed by atoms with E-state index in [1.165, 1.54) is 0 Å². The molecular formula is C44H26N2O2U. The van der Waals surface area contributed by atoms with Crippen molar-refractivity contribution in [3.05, 3.63) is 170 Å². The summed E-state index contributed by atoms with van der Waals surface area (Å²) in [5.74, 6) is 0. The van der Waals surface area contributed by atoms with Crippen molar-refractivity contribution >= 4 is 71.8 Å². The van der Waals surface area contributed by atoms with Crippen molar-refractivity contribution in [2.75, 3.05) is 4.90 Å². The Morgan fingerprint density at radius 2 is 1.04 bits per heavy atom. The quantitative estimate of drug-likeness (QED) is 0.162. The Hall–Kier alpha value is -5.47.